The van der Waals surface area contributed by atoms with Crippen molar-refractivity contribution in [2.45, 2.75) is 75.7 Å². The molecule has 0 aliphatic carbocycles. The Kier molecular flexibility index (Phi) is 19.3. The molecule has 4 aliphatic heterocycles. The number of H-pyrrole nitrogens is 2. The molecule has 2 amide bonds. The molecule has 376 valence electrons. The van der Waals surface area contributed by atoms with Gasteiger partial charge in [-0.2, -0.15) is 0 Å². The molecule has 2 aromatic heterocycles. The number of halogens is 2. The van der Waals surface area contributed by atoms with Crippen LogP contribution in [-0.4, -0.2) is 151 Å². The summed E-state index contributed by atoms with van der Waals surface area (Å²) in [5.74, 6) is 1.57. The van der Waals surface area contributed by atoms with Crippen LogP contribution in [0.1, 0.15) is 70.4 Å². The molecule has 6 heterocycles. The Balaban J connectivity index is 0.000000224. The van der Waals surface area contributed by atoms with Crippen molar-refractivity contribution in [1.29, 1.82) is 0 Å². The molecule has 4 aliphatic rings. The van der Waals surface area contributed by atoms with E-state index in [0.717, 1.165) is 88.7 Å². The molecule has 12 N–H and O–H groups in total. The van der Waals surface area contributed by atoms with Crippen LogP contribution in [0.15, 0.2) is 46.2 Å². The lowest BCUT2D eigenvalue weighted by atomic mass is 9.98. The molecule has 4 aromatic rings. The van der Waals surface area contributed by atoms with Crippen LogP contribution in [0.5, 0.6) is 11.5 Å². The van der Waals surface area contributed by atoms with Crippen LogP contribution >= 0.6 is 23.2 Å². The second kappa shape index (κ2) is 25.3. The predicted octanol–water partition coefficient (Wildman–Crippen LogP) is 2.48. The van der Waals surface area contributed by atoms with Crippen LogP contribution in [-0.2, 0) is 22.3 Å². The zero-order valence-corrected chi connectivity index (χ0v) is 40.5. The van der Waals surface area contributed by atoms with Gasteiger partial charge in [0.15, 0.2) is 0 Å². The number of aromatic nitrogens is 4. The van der Waals surface area contributed by atoms with Crippen LogP contribution in [0.25, 0.3) is 0 Å². The predicted molar refractivity (Wildman–Crippen MR) is 265 cm³/mol. The second-order valence-corrected chi connectivity index (χ2v) is 18.0. The molecule has 0 saturated carbocycles. The molecule has 21 nitrogen and oxygen atoms in total. The smallest absolute Gasteiger partial charge is 0.255 e. The number of likely N-dealkylation sites (tertiary alicyclic amines) is 2. The van der Waals surface area contributed by atoms with Gasteiger partial charge in [-0.3, -0.25) is 29.1 Å². The third kappa shape index (κ3) is 13.8. The summed E-state index contributed by atoms with van der Waals surface area (Å²) in [6.45, 7) is 7.29. The average Bonchev–Trinajstić information content (AvgIpc) is 3.35. The van der Waals surface area contributed by atoms with Crippen LogP contribution in [0, 0.1) is 0 Å². The molecule has 4 atom stereocenters. The number of nitrogens with two attached hydrogens (primary N) is 2. The number of amides is 2. The maximum atomic E-state index is 13.2. The van der Waals surface area contributed by atoms with Gasteiger partial charge in [-0.1, -0.05) is 23.2 Å². The summed E-state index contributed by atoms with van der Waals surface area (Å²) < 4.78 is 23.0. The quantitative estimate of drug-likeness (QED) is 0.0591. The normalized spacial score (nSPS) is 20.0. The Hall–Kier alpha value is -5.68. The van der Waals surface area contributed by atoms with Crippen molar-refractivity contribution in [2.75, 3.05) is 102 Å². The average molecular weight is 1000 g/mol. The summed E-state index contributed by atoms with van der Waals surface area (Å²) in [6.07, 6.45) is 9.12. The van der Waals surface area contributed by atoms with Gasteiger partial charge < -0.3 is 67.0 Å². The van der Waals surface area contributed by atoms with Crippen LogP contribution in [0.3, 0.4) is 0 Å². The van der Waals surface area contributed by atoms with Crippen LogP contribution in [0.2, 0.25) is 10.0 Å². The topological polar surface area (TPSA) is 301 Å². The van der Waals surface area contributed by atoms with E-state index in [1.165, 1.54) is 24.5 Å². The summed E-state index contributed by atoms with van der Waals surface area (Å²) >= 11 is 12.6. The molecule has 0 spiro atoms. The van der Waals surface area contributed by atoms with Gasteiger partial charge in [-0.15, -0.1) is 0 Å². The summed E-state index contributed by atoms with van der Waals surface area (Å²) in [7, 11) is 3.33. The molecular formula is C46H64Cl2N12O9. The largest absolute Gasteiger partial charge is 0.492 e. The summed E-state index contributed by atoms with van der Waals surface area (Å²) in [4.78, 5) is 67.1. The van der Waals surface area contributed by atoms with Crippen LogP contribution < -0.4 is 53.3 Å². The Morgan fingerprint density at radius 3 is 1.55 bits per heavy atom. The number of ether oxygens (including phenoxy) is 4. The third-order valence-electron chi connectivity index (χ3n) is 12.6. The first kappa shape index (κ1) is 52.7. The minimum Gasteiger partial charge on any atom is -0.492 e. The highest BCUT2D eigenvalue weighted by atomic mass is 35.5. The van der Waals surface area contributed by atoms with Crippen molar-refractivity contribution in [3.8, 4) is 11.5 Å². The number of carbonyl (C=O) groups excluding carboxylic acids is 2. The van der Waals surface area contributed by atoms with E-state index in [2.05, 4.69) is 51.0 Å². The summed E-state index contributed by atoms with van der Waals surface area (Å²) in [5.41, 5.74) is 15.3. The maximum Gasteiger partial charge on any atom is 0.255 e. The van der Waals surface area contributed by atoms with E-state index in [9.17, 15) is 19.2 Å². The molecule has 23 heteroatoms. The van der Waals surface area contributed by atoms with Crippen molar-refractivity contribution in [3.63, 3.8) is 0 Å². The Morgan fingerprint density at radius 1 is 0.739 bits per heavy atom. The fourth-order valence-electron chi connectivity index (χ4n) is 9.01. The number of rotatable bonds is 16. The molecule has 2 saturated heterocycles. The van der Waals surface area contributed by atoms with E-state index < -0.39 is 0 Å². The molecule has 8 rings (SSSR count). The monoisotopic (exact) mass is 998 g/mol. The van der Waals surface area contributed by atoms with E-state index in [1.54, 1.807) is 26.4 Å². The Labute approximate surface area is 410 Å². The van der Waals surface area contributed by atoms with Crippen molar-refractivity contribution < 1.29 is 34.0 Å². The van der Waals surface area contributed by atoms with Gasteiger partial charge in [0.05, 0.1) is 70.1 Å². The fourth-order valence-corrected chi connectivity index (χ4v) is 9.46. The number of nitrogens with one attached hydrogen (secondary N) is 6. The number of piperidine rings is 2. The number of benzene rings is 2. The van der Waals surface area contributed by atoms with Gasteiger partial charge in [0.25, 0.3) is 22.9 Å². The first-order valence-electron chi connectivity index (χ1n) is 23.1. The number of carbonyl (C=O) groups is 2. The molecule has 2 fully saturated rings. The third-order valence-corrected chi connectivity index (χ3v) is 13.2. The van der Waals surface area contributed by atoms with Gasteiger partial charge >= 0.3 is 0 Å². The number of aromatic amines is 2. The second-order valence-electron chi connectivity index (χ2n) is 17.2. The number of anilines is 4. The SMILES string of the molecule is CO[C@@H]1CN(CCCNc2nccc(=O)[nH]2)CC[C@@H]1NC(=O)c1cc(Cl)c(N)c2c1OCCC2.CO[C@@H]1CN(CCCNc2nccc(=O)[nH]2)CC[C@@H]1NC(=O)c1cc(Cl)c(N)c2c1OCCC2.O. The van der Waals surface area contributed by atoms with E-state index in [4.69, 9.17) is 53.6 Å². The van der Waals surface area contributed by atoms with E-state index in [0.29, 0.717) is 95.3 Å². The molecule has 0 bridgehead atoms. The number of hydrogen-bond donors (Lipinski definition) is 8. The fraction of sp³-hybridized carbons (Fsp3) is 0.522. The van der Waals surface area contributed by atoms with Crippen molar-refractivity contribution >= 4 is 58.3 Å². The highest BCUT2D eigenvalue weighted by Crippen LogP contribution is 2.39. The van der Waals surface area contributed by atoms with Crippen LogP contribution in [0.4, 0.5) is 23.3 Å². The van der Waals surface area contributed by atoms with Gasteiger partial charge in [-0.05, 0) is 76.6 Å². The van der Waals surface area contributed by atoms with Crippen molar-refractivity contribution in [3.05, 3.63) is 89.7 Å². The highest BCUT2D eigenvalue weighted by Gasteiger charge is 2.34. The lowest BCUT2D eigenvalue weighted by Gasteiger charge is -2.38. The number of nitrogen functional groups attached to an aromatic ring is 2. The number of hydrogen-bond acceptors (Lipinski definition) is 16. The zero-order chi connectivity index (χ0) is 48.2. The van der Waals surface area contributed by atoms with E-state index >= 15 is 0 Å². The molecule has 0 unspecified atom stereocenters. The highest BCUT2D eigenvalue weighted by molar-refractivity contribution is 6.34. The van der Waals surface area contributed by atoms with Gasteiger partial charge in [0.1, 0.15) is 11.5 Å². The number of fused-ring (bicyclic) bond motifs is 2. The first-order valence-corrected chi connectivity index (χ1v) is 23.9. The van der Waals surface area contributed by atoms with Gasteiger partial charge in [-0.25, -0.2) is 9.97 Å². The number of nitrogens with zero attached hydrogens (tertiary/aromatic N) is 4. The molecule has 69 heavy (non-hydrogen) atoms. The molecular weight excluding hydrogens is 935 g/mol. The van der Waals surface area contributed by atoms with Crippen molar-refractivity contribution in [2.24, 2.45) is 0 Å². The lowest BCUT2D eigenvalue weighted by molar-refractivity contribution is 0.00635. The molecule has 2 aromatic carbocycles. The Morgan fingerprint density at radius 2 is 1.16 bits per heavy atom. The zero-order valence-electron chi connectivity index (χ0n) is 39.0. The molecule has 0 radical (unpaired) electrons. The Bertz CT molecular complexity index is 2330. The standard InChI is InChI=1S/2C23H31ClN6O4.H2O/c2*1-33-18-13-30(9-3-7-26-23-27-8-5-19(31)29-23)10-6-17(18)28-22(32)15-12-16(24)20(25)14-4-2-11-34-21(14)15;/h2*5,8,12,17-18H,2-4,6-7,9-11,13,25H2,1H3,(H,28,32)(H2,26,27,29,31);1H2/t2*17-,18+;/m00./s1. The van der Waals surface area contributed by atoms with E-state index in [-0.39, 0.29) is 52.7 Å². The number of methoxy groups -OCH3 is 2. The minimum atomic E-state index is -0.228. The van der Waals surface area contributed by atoms with E-state index in [1.807, 2.05) is 0 Å². The summed E-state index contributed by atoms with van der Waals surface area (Å²) in [6, 6.07) is 5.69. The minimum absolute atomic E-state index is 0. The van der Waals surface area contributed by atoms with Gasteiger partial charge in [0.2, 0.25) is 11.9 Å². The summed E-state index contributed by atoms with van der Waals surface area (Å²) in [5, 5.41) is 13.2. The lowest BCUT2D eigenvalue weighted by Crippen LogP contribution is -2.55. The maximum absolute atomic E-state index is 13.2. The van der Waals surface area contributed by atoms with Crippen molar-refractivity contribution in [1.82, 2.24) is 40.4 Å². The first-order chi connectivity index (χ1) is 32.9. The van der Waals surface area contributed by atoms with Gasteiger partial charge in [0, 0.05) is 89.1 Å².